The lowest BCUT2D eigenvalue weighted by Crippen LogP contribution is -2.33. The molecule has 1 saturated heterocycles. The molecule has 1 aliphatic rings. The number of halogens is 2. The average molecular weight is 365 g/mol. The average Bonchev–Trinajstić information content (AvgIpc) is 3.04. The summed E-state index contributed by atoms with van der Waals surface area (Å²) < 4.78 is 31.3. The van der Waals surface area contributed by atoms with Crippen LogP contribution in [0, 0.1) is 11.6 Å². The van der Waals surface area contributed by atoms with Crippen molar-refractivity contribution < 1.29 is 18.7 Å². The molecule has 1 aliphatic heterocycles. The number of likely N-dealkylation sites (N-methyl/N-ethyl adjacent to an activating group) is 1. The van der Waals surface area contributed by atoms with Crippen LogP contribution in [0.15, 0.2) is 17.1 Å². The van der Waals surface area contributed by atoms with E-state index in [9.17, 15) is 19.1 Å². The minimum atomic E-state index is -1.42. The van der Waals surface area contributed by atoms with E-state index in [1.165, 1.54) is 4.57 Å². The Balaban J connectivity index is 2.21. The molecule has 3 rings (SSSR count). The van der Waals surface area contributed by atoms with Gasteiger partial charge in [0.1, 0.15) is 17.1 Å². The number of carboxylic acids is 1. The first-order valence-electron chi connectivity index (χ1n) is 8.65. The summed E-state index contributed by atoms with van der Waals surface area (Å²) in [6.45, 7) is 5.67. The van der Waals surface area contributed by atoms with Crippen LogP contribution in [-0.2, 0) is 6.54 Å². The first-order chi connectivity index (χ1) is 12.4. The SMILES string of the molecule is CCNC1CCN(c2c(F)cc3c(=O)c(C(=O)O)cn(CC)c3c2F)C1. The summed E-state index contributed by atoms with van der Waals surface area (Å²) in [6, 6.07) is 1.10. The van der Waals surface area contributed by atoms with Crippen molar-refractivity contribution >= 4 is 22.6 Å². The molecule has 1 atom stereocenters. The Hall–Kier alpha value is -2.48. The van der Waals surface area contributed by atoms with Gasteiger partial charge in [0.15, 0.2) is 5.82 Å². The van der Waals surface area contributed by atoms with Gasteiger partial charge in [0.2, 0.25) is 5.43 Å². The third kappa shape index (κ3) is 2.94. The summed E-state index contributed by atoms with van der Waals surface area (Å²) in [6.07, 6.45) is 1.88. The Kier molecular flexibility index (Phi) is 4.95. The number of anilines is 1. The predicted octanol–water partition coefficient (Wildman–Crippen LogP) is 2.19. The maximum atomic E-state index is 15.2. The Morgan fingerprint density at radius 2 is 2.12 bits per heavy atom. The fourth-order valence-corrected chi connectivity index (χ4v) is 3.59. The number of hydrogen-bond acceptors (Lipinski definition) is 4. The van der Waals surface area contributed by atoms with Crippen molar-refractivity contribution in [3.8, 4) is 0 Å². The van der Waals surface area contributed by atoms with Gasteiger partial charge in [-0.25, -0.2) is 13.6 Å². The molecule has 0 amide bonds. The van der Waals surface area contributed by atoms with E-state index in [1.807, 2.05) is 6.92 Å². The first-order valence-corrected chi connectivity index (χ1v) is 8.65. The molecular formula is C18H21F2N3O3. The van der Waals surface area contributed by atoms with Gasteiger partial charge in [0, 0.05) is 31.9 Å². The number of aromatic nitrogens is 1. The van der Waals surface area contributed by atoms with Crippen molar-refractivity contribution in [2.45, 2.75) is 32.9 Å². The van der Waals surface area contributed by atoms with Crippen LogP contribution in [0.2, 0.25) is 0 Å². The summed E-state index contributed by atoms with van der Waals surface area (Å²) in [7, 11) is 0. The quantitative estimate of drug-likeness (QED) is 0.850. The van der Waals surface area contributed by atoms with Crippen LogP contribution in [0.1, 0.15) is 30.6 Å². The topological polar surface area (TPSA) is 74.6 Å². The molecule has 0 bridgehead atoms. The lowest BCUT2D eigenvalue weighted by atomic mass is 10.1. The molecule has 2 N–H and O–H groups in total. The molecule has 0 spiro atoms. The molecule has 8 heteroatoms. The number of nitrogens with one attached hydrogen (secondary N) is 1. The van der Waals surface area contributed by atoms with E-state index in [0.29, 0.717) is 13.1 Å². The highest BCUT2D eigenvalue weighted by atomic mass is 19.1. The van der Waals surface area contributed by atoms with Crippen LogP contribution in [-0.4, -0.2) is 41.3 Å². The number of fused-ring (bicyclic) bond motifs is 1. The number of hydrogen-bond donors (Lipinski definition) is 2. The van der Waals surface area contributed by atoms with Crippen LogP contribution in [0.25, 0.3) is 10.9 Å². The molecule has 26 heavy (non-hydrogen) atoms. The fourth-order valence-electron chi connectivity index (χ4n) is 3.59. The van der Waals surface area contributed by atoms with Gasteiger partial charge in [-0.3, -0.25) is 4.79 Å². The molecule has 1 fully saturated rings. The monoisotopic (exact) mass is 365 g/mol. The molecule has 0 saturated carbocycles. The van der Waals surface area contributed by atoms with Gasteiger partial charge in [-0.1, -0.05) is 6.92 Å². The number of nitrogens with zero attached hydrogens (tertiary/aromatic N) is 2. The van der Waals surface area contributed by atoms with Crippen molar-refractivity contribution in [2.75, 3.05) is 24.5 Å². The number of pyridine rings is 1. The van der Waals surface area contributed by atoms with E-state index >= 15 is 4.39 Å². The van der Waals surface area contributed by atoms with Crippen LogP contribution >= 0.6 is 0 Å². The lowest BCUT2D eigenvalue weighted by Gasteiger charge is -2.22. The Morgan fingerprint density at radius 1 is 1.38 bits per heavy atom. The second-order valence-corrected chi connectivity index (χ2v) is 6.37. The molecular weight excluding hydrogens is 344 g/mol. The number of carboxylic acid groups (broad SMARTS) is 1. The molecule has 2 aromatic rings. The summed E-state index contributed by atoms with van der Waals surface area (Å²) in [5.74, 6) is -3.10. The summed E-state index contributed by atoms with van der Waals surface area (Å²) in [5, 5.41) is 12.2. The van der Waals surface area contributed by atoms with Gasteiger partial charge in [0.25, 0.3) is 0 Å². The van der Waals surface area contributed by atoms with Crippen molar-refractivity contribution in [1.82, 2.24) is 9.88 Å². The van der Waals surface area contributed by atoms with Crippen LogP contribution in [0.3, 0.4) is 0 Å². The largest absolute Gasteiger partial charge is 0.477 e. The maximum Gasteiger partial charge on any atom is 0.341 e. The smallest absolute Gasteiger partial charge is 0.341 e. The minimum Gasteiger partial charge on any atom is -0.477 e. The van der Waals surface area contributed by atoms with E-state index in [2.05, 4.69) is 5.32 Å². The number of aryl methyl sites for hydroxylation is 1. The normalized spacial score (nSPS) is 17.2. The zero-order valence-corrected chi connectivity index (χ0v) is 14.7. The number of rotatable bonds is 5. The van der Waals surface area contributed by atoms with E-state index in [0.717, 1.165) is 25.2 Å². The zero-order valence-electron chi connectivity index (χ0n) is 14.7. The highest BCUT2D eigenvalue weighted by Gasteiger charge is 2.29. The predicted molar refractivity (Wildman–Crippen MR) is 95.1 cm³/mol. The van der Waals surface area contributed by atoms with Crippen LogP contribution in [0.4, 0.5) is 14.5 Å². The molecule has 140 valence electrons. The second kappa shape index (κ2) is 7.03. The highest BCUT2D eigenvalue weighted by Crippen LogP contribution is 2.32. The van der Waals surface area contributed by atoms with Gasteiger partial charge < -0.3 is 19.9 Å². The number of benzene rings is 1. The van der Waals surface area contributed by atoms with Crippen LogP contribution in [0.5, 0.6) is 0 Å². The van der Waals surface area contributed by atoms with Gasteiger partial charge in [-0.15, -0.1) is 0 Å². The van der Waals surface area contributed by atoms with Gasteiger partial charge in [-0.05, 0) is 26.0 Å². The van der Waals surface area contributed by atoms with Crippen molar-refractivity contribution in [3.63, 3.8) is 0 Å². The van der Waals surface area contributed by atoms with Gasteiger partial charge in [-0.2, -0.15) is 0 Å². The molecule has 0 aliphatic carbocycles. The Bertz CT molecular complexity index is 926. The summed E-state index contributed by atoms with van der Waals surface area (Å²) in [5.41, 5.74) is -1.61. The summed E-state index contributed by atoms with van der Waals surface area (Å²) in [4.78, 5) is 25.3. The molecule has 6 nitrogen and oxygen atoms in total. The highest BCUT2D eigenvalue weighted by molar-refractivity contribution is 5.93. The molecule has 1 aromatic carbocycles. The third-order valence-corrected chi connectivity index (χ3v) is 4.80. The van der Waals surface area contributed by atoms with E-state index in [1.54, 1.807) is 11.8 Å². The maximum absolute atomic E-state index is 15.2. The number of carbonyl (C=O) groups is 1. The van der Waals surface area contributed by atoms with E-state index in [-0.39, 0.29) is 29.2 Å². The first kappa shape index (κ1) is 18.3. The molecule has 2 heterocycles. The van der Waals surface area contributed by atoms with E-state index in [4.69, 9.17) is 0 Å². The van der Waals surface area contributed by atoms with Crippen LogP contribution < -0.4 is 15.6 Å². The third-order valence-electron chi connectivity index (χ3n) is 4.80. The second-order valence-electron chi connectivity index (χ2n) is 6.37. The van der Waals surface area contributed by atoms with Gasteiger partial charge >= 0.3 is 5.97 Å². The van der Waals surface area contributed by atoms with Crippen molar-refractivity contribution in [2.24, 2.45) is 0 Å². The Labute approximate surface area is 149 Å². The molecule has 1 unspecified atom stereocenters. The van der Waals surface area contributed by atoms with Gasteiger partial charge in [0.05, 0.1) is 10.9 Å². The van der Waals surface area contributed by atoms with E-state index < -0.39 is 28.6 Å². The fraction of sp³-hybridized carbons (Fsp3) is 0.444. The van der Waals surface area contributed by atoms with Crippen molar-refractivity contribution in [3.05, 3.63) is 39.7 Å². The minimum absolute atomic E-state index is 0.0641. The zero-order chi connectivity index (χ0) is 19.0. The molecule has 0 radical (unpaired) electrons. The standard InChI is InChI=1S/C18H21F2N3O3/c1-3-21-10-5-6-23(8-10)16-13(19)7-11-15(14(16)20)22(4-2)9-12(17(11)24)18(25)26/h7,9-10,21H,3-6,8H2,1-2H3,(H,25,26). The number of aromatic carboxylic acids is 1. The lowest BCUT2D eigenvalue weighted by molar-refractivity contribution is 0.0695. The Morgan fingerprint density at radius 3 is 2.73 bits per heavy atom. The molecule has 1 aromatic heterocycles. The summed E-state index contributed by atoms with van der Waals surface area (Å²) >= 11 is 0. The van der Waals surface area contributed by atoms with Crippen molar-refractivity contribution in [1.29, 1.82) is 0 Å².